The summed E-state index contributed by atoms with van der Waals surface area (Å²) in [4.78, 5) is 38.2. The van der Waals surface area contributed by atoms with E-state index in [1.807, 2.05) is 67.6 Å². The summed E-state index contributed by atoms with van der Waals surface area (Å²) in [5, 5.41) is 5.52. The fourth-order valence-corrected chi connectivity index (χ4v) is 3.15. The van der Waals surface area contributed by atoms with Crippen molar-refractivity contribution in [2.75, 3.05) is 0 Å². The standard InChI is InChI=1S/C21H23N3O3/c1-15(17-10-6-3-7-11-17)24-20(26)18(23-21(24)27)12-13-19(25)22-14-16-8-4-2-5-9-16/h2-11,15,18H,12-14H2,1H3,(H,22,25)(H,23,27)/t15-,18+/m0/s1. The topological polar surface area (TPSA) is 78.5 Å². The van der Waals surface area contributed by atoms with Crippen LogP contribution < -0.4 is 10.6 Å². The van der Waals surface area contributed by atoms with E-state index in [4.69, 9.17) is 0 Å². The molecule has 140 valence electrons. The predicted molar refractivity (Wildman–Crippen MR) is 102 cm³/mol. The van der Waals surface area contributed by atoms with Gasteiger partial charge in [0.05, 0.1) is 6.04 Å². The van der Waals surface area contributed by atoms with Gasteiger partial charge in [0.2, 0.25) is 5.91 Å². The molecule has 6 heteroatoms. The molecule has 0 unspecified atom stereocenters. The Hall–Kier alpha value is -3.15. The molecule has 2 aromatic rings. The SMILES string of the molecule is C[C@@H](c1ccccc1)N1C(=O)N[C@H](CCC(=O)NCc2ccccc2)C1=O. The first-order valence-corrected chi connectivity index (χ1v) is 9.05. The van der Waals surface area contributed by atoms with Gasteiger partial charge in [-0.15, -0.1) is 0 Å². The van der Waals surface area contributed by atoms with Crippen LogP contribution in [0.15, 0.2) is 60.7 Å². The van der Waals surface area contributed by atoms with Crippen LogP contribution in [0.3, 0.4) is 0 Å². The van der Waals surface area contributed by atoms with Crippen molar-refractivity contribution in [3.8, 4) is 0 Å². The van der Waals surface area contributed by atoms with Crippen molar-refractivity contribution in [2.45, 2.75) is 38.4 Å². The largest absolute Gasteiger partial charge is 0.352 e. The van der Waals surface area contributed by atoms with E-state index >= 15 is 0 Å². The molecule has 0 radical (unpaired) electrons. The molecule has 1 heterocycles. The lowest BCUT2D eigenvalue weighted by atomic mass is 10.1. The van der Waals surface area contributed by atoms with Gasteiger partial charge in [0.25, 0.3) is 5.91 Å². The molecule has 1 saturated heterocycles. The lowest BCUT2D eigenvalue weighted by molar-refractivity contribution is -0.129. The molecule has 2 atom stereocenters. The molecule has 0 saturated carbocycles. The number of urea groups is 1. The molecular weight excluding hydrogens is 342 g/mol. The lowest BCUT2D eigenvalue weighted by Gasteiger charge is -2.21. The van der Waals surface area contributed by atoms with Crippen molar-refractivity contribution in [2.24, 2.45) is 0 Å². The minimum absolute atomic E-state index is 0.143. The smallest absolute Gasteiger partial charge is 0.325 e. The Labute approximate surface area is 158 Å². The van der Waals surface area contributed by atoms with E-state index in [-0.39, 0.29) is 30.7 Å². The first kappa shape index (κ1) is 18.6. The Kier molecular flexibility index (Phi) is 5.86. The lowest BCUT2D eigenvalue weighted by Crippen LogP contribution is -2.34. The Morgan fingerprint density at radius 2 is 1.70 bits per heavy atom. The molecule has 0 aromatic heterocycles. The van der Waals surface area contributed by atoms with E-state index in [9.17, 15) is 14.4 Å². The molecular formula is C21H23N3O3. The van der Waals surface area contributed by atoms with Gasteiger partial charge in [-0.05, 0) is 24.5 Å². The molecule has 0 spiro atoms. The third-order valence-electron chi connectivity index (χ3n) is 4.71. The van der Waals surface area contributed by atoms with Crippen molar-refractivity contribution in [1.82, 2.24) is 15.5 Å². The first-order valence-electron chi connectivity index (χ1n) is 9.05. The zero-order valence-corrected chi connectivity index (χ0v) is 15.2. The molecule has 3 rings (SSSR count). The van der Waals surface area contributed by atoms with E-state index in [1.165, 1.54) is 4.90 Å². The van der Waals surface area contributed by atoms with Crippen LogP contribution >= 0.6 is 0 Å². The predicted octanol–water partition coefficient (Wildman–Crippen LogP) is 2.76. The normalized spacial score (nSPS) is 17.5. The summed E-state index contributed by atoms with van der Waals surface area (Å²) in [6.07, 6.45) is 0.459. The number of carbonyl (C=O) groups excluding carboxylic acids is 3. The molecule has 2 N–H and O–H groups in total. The molecule has 1 fully saturated rings. The molecule has 0 bridgehead atoms. The van der Waals surface area contributed by atoms with Gasteiger partial charge >= 0.3 is 6.03 Å². The van der Waals surface area contributed by atoms with Gasteiger partial charge in [0.1, 0.15) is 6.04 Å². The van der Waals surface area contributed by atoms with Crippen molar-refractivity contribution in [3.05, 3.63) is 71.8 Å². The molecule has 27 heavy (non-hydrogen) atoms. The highest BCUT2D eigenvalue weighted by atomic mass is 16.2. The van der Waals surface area contributed by atoms with E-state index in [1.54, 1.807) is 0 Å². The van der Waals surface area contributed by atoms with Gasteiger partial charge in [0, 0.05) is 13.0 Å². The maximum absolute atomic E-state index is 12.6. The van der Waals surface area contributed by atoms with Gasteiger partial charge in [0.15, 0.2) is 0 Å². The van der Waals surface area contributed by atoms with E-state index in [0.717, 1.165) is 11.1 Å². The summed E-state index contributed by atoms with van der Waals surface area (Å²) in [6, 6.07) is 17.6. The zero-order valence-electron chi connectivity index (χ0n) is 15.2. The molecule has 1 aliphatic rings. The summed E-state index contributed by atoms with van der Waals surface area (Å²) in [5.41, 5.74) is 1.90. The number of amides is 4. The van der Waals surface area contributed by atoms with Crippen LogP contribution in [-0.4, -0.2) is 28.8 Å². The van der Waals surface area contributed by atoms with Crippen molar-refractivity contribution < 1.29 is 14.4 Å². The molecule has 0 aliphatic carbocycles. The summed E-state index contributed by atoms with van der Waals surface area (Å²) in [5.74, 6) is -0.428. The maximum Gasteiger partial charge on any atom is 0.325 e. The van der Waals surface area contributed by atoms with E-state index in [0.29, 0.717) is 6.54 Å². The highest BCUT2D eigenvalue weighted by Crippen LogP contribution is 2.25. The van der Waals surface area contributed by atoms with Crippen LogP contribution in [-0.2, 0) is 16.1 Å². The average molecular weight is 365 g/mol. The van der Waals surface area contributed by atoms with Crippen molar-refractivity contribution in [3.63, 3.8) is 0 Å². The van der Waals surface area contributed by atoms with Crippen LogP contribution in [0.1, 0.15) is 36.9 Å². The van der Waals surface area contributed by atoms with Gasteiger partial charge in [-0.2, -0.15) is 0 Å². The third kappa shape index (κ3) is 4.53. The van der Waals surface area contributed by atoms with Gasteiger partial charge in [-0.1, -0.05) is 60.7 Å². The van der Waals surface area contributed by atoms with Crippen LogP contribution in [0.25, 0.3) is 0 Å². The second kappa shape index (κ2) is 8.49. The summed E-state index contributed by atoms with van der Waals surface area (Å²) in [7, 11) is 0. The zero-order chi connectivity index (χ0) is 19.2. The molecule has 1 aliphatic heterocycles. The fourth-order valence-electron chi connectivity index (χ4n) is 3.15. The first-order chi connectivity index (χ1) is 13.1. The summed E-state index contributed by atoms with van der Waals surface area (Å²) in [6.45, 7) is 2.27. The Bertz CT molecular complexity index is 808. The Morgan fingerprint density at radius 3 is 2.37 bits per heavy atom. The highest BCUT2D eigenvalue weighted by Gasteiger charge is 2.40. The molecule has 4 amide bonds. The van der Waals surface area contributed by atoms with Crippen LogP contribution in [0.2, 0.25) is 0 Å². The van der Waals surface area contributed by atoms with Gasteiger partial charge < -0.3 is 10.6 Å². The summed E-state index contributed by atoms with van der Waals surface area (Å²) < 4.78 is 0. The van der Waals surface area contributed by atoms with Crippen LogP contribution in [0.4, 0.5) is 4.79 Å². The number of benzene rings is 2. The minimum Gasteiger partial charge on any atom is -0.352 e. The number of hydrogen-bond acceptors (Lipinski definition) is 3. The summed E-state index contributed by atoms with van der Waals surface area (Å²) >= 11 is 0. The van der Waals surface area contributed by atoms with Gasteiger partial charge in [-0.25, -0.2) is 4.79 Å². The minimum atomic E-state index is -0.661. The van der Waals surface area contributed by atoms with Crippen molar-refractivity contribution in [1.29, 1.82) is 0 Å². The molecule has 6 nitrogen and oxygen atoms in total. The monoisotopic (exact) mass is 365 g/mol. The fraction of sp³-hybridized carbons (Fsp3) is 0.286. The second-order valence-corrected chi connectivity index (χ2v) is 6.60. The number of nitrogens with one attached hydrogen (secondary N) is 2. The number of hydrogen-bond donors (Lipinski definition) is 2. The quantitative estimate of drug-likeness (QED) is 0.741. The number of carbonyl (C=O) groups is 3. The van der Waals surface area contributed by atoms with Gasteiger partial charge in [-0.3, -0.25) is 14.5 Å². The second-order valence-electron chi connectivity index (χ2n) is 6.60. The van der Waals surface area contributed by atoms with Crippen LogP contribution in [0.5, 0.6) is 0 Å². The van der Waals surface area contributed by atoms with Crippen molar-refractivity contribution >= 4 is 17.8 Å². The maximum atomic E-state index is 12.6. The van der Waals surface area contributed by atoms with E-state index in [2.05, 4.69) is 10.6 Å². The highest BCUT2D eigenvalue weighted by molar-refractivity contribution is 6.04. The van der Waals surface area contributed by atoms with Crippen LogP contribution in [0, 0.1) is 0 Å². The Balaban J connectivity index is 1.52. The van der Waals surface area contributed by atoms with E-state index < -0.39 is 12.1 Å². The molecule has 2 aromatic carbocycles. The number of imide groups is 1. The third-order valence-corrected chi connectivity index (χ3v) is 4.71. The number of rotatable bonds is 7. The average Bonchev–Trinajstić information content (AvgIpc) is 2.99. The Morgan fingerprint density at radius 1 is 1.07 bits per heavy atom. The number of nitrogens with zero attached hydrogens (tertiary/aromatic N) is 1.